The number of imidazole rings is 1. The zero-order chi connectivity index (χ0) is 17.9. The molecule has 0 atom stereocenters. The van der Waals surface area contributed by atoms with Gasteiger partial charge in [-0.1, -0.05) is 19.3 Å². The summed E-state index contributed by atoms with van der Waals surface area (Å²) < 4.78 is 22.1. The number of hydrogen-bond acceptors (Lipinski definition) is 5. The monoisotopic (exact) mass is 359 g/mol. The van der Waals surface area contributed by atoms with E-state index in [1.807, 2.05) is 6.92 Å². The summed E-state index contributed by atoms with van der Waals surface area (Å²) in [5.41, 5.74) is 1.05. The van der Waals surface area contributed by atoms with E-state index in [4.69, 9.17) is 4.74 Å². The molecule has 26 heavy (non-hydrogen) atoms. The Morgan fingerprint density at radius 1 is 1.08 bits per heavy atom. The number of ether oxygens (including phenoxy) is 1. The molecule has 1 saturated heterocycles. The van der Waals surface area contributed by atoms with Crippen LogP contribution in [0.1, 0.15) is 56.8 Å². The number of anilines is 1. The van der Waals surface area contributed by atoms with E-state index in [1.165, 1.54) is 25.5 Å². The van der Waals surface area contributed by atoms with E-state index in [9.17, 15) is 4.39 Å². The standard InChI is InChI=1S/C19H26FN5O/c1-13-21-12-17(25(13)15-7-9-26-10-8-15)18-16(20)11-22-19(24-18)23-14-5-3-2-4-6-14/h11-12,14-15H,2-10H2,1H3,(H,22,23,24). The average Bonchev–Trinajstić information content (AvgIpc) is 3.06. The summed E-state index contributed by atoms with van der Waals surface area (Å²) in [6.45, 7) is 3.41. The van der Waals surface area contributed by atoms with Crippen molar-refractivity contribution >= 4 is 5.95 Å². The van der Waals surface area contributed by atoms with Crippen LogP contribution in [-0.2, 0) is 4.74 Å². The molecule has 140 valence electrons. The third kappa shape index (κ3) is 3.58. The van der Waals surface area contributed by atoms with E-state index >= 15 is 0 Å². The minimum Gasteiger partial charge on any atom is -0.381 e. The van der Waals surface area contributed by atoms with Gasteiger partial charge < -0.3 is 14.6 Å². The van der Waals surface area contributed by atoms with Gasteiger partial charge in [-0.05, 0) is 32.6 Å². The fourth-order valence-corrected chi connectivity index (χ4v) is 4.08. The fourth-order valence-electron chi connectivity index (χ4n) is 4.08. The maximum atomic E-state index is 14.6. The van der Waals surface area contributed by atoms with E-state index in [0.717, 1.165) is 50.4 Å². The van der Waals surface area contributed by atoms with Crippen LogP contribution in [0.5, 0.6) is 0 Å². The van der Waals surface area contributed by atoms with Gasteiger partial charge >= 0.3 is 0 Å². The highest BCUT2D eigenvalue weighted by molar-refractivity contribution is 5.57. The van der Waals surface area contributed by atoms with Gasteiger partial charge in [-0.25, -0.2) is 19.3 Å². The van der Waals surface area contributed by atoms with Crippen LogP contribution in [0.4, 0.5) is 10.3 Å². The molecule has 3 heterocycles. The van der Waals surface area contributed by atoms with Crippen molar-refractivity contribution in [3.8, 4) is 11.4 Å². The van der Waals surface area contributed by atoms with Crippen LogP contribution in [0.25, 0.3) is 11.4 Å². The lowest BCUT2D eigenvalue weighted by Gasteiger charge is -2.26. The van der Waals surface area contributed by atoms with E-state index in [0.29, 0.717) is 17.7 Å². The molecule has 4 rings (SSSR count). The predicted octanol–water partition coefficient (Wildman–Crippen LogP) is 3.88. The van der Waals surface area contributed by atoms with Gasteiger partial charge in [0, 0.05) is 25.3 Å². The molecule has 1 saturated carbocycles. The van der Waals surface area contributed by atoms with Crippen LogP contribution in [0.2, 0.25) is 0 Å². The minimum atomic E-state index is -0.410. The van der Waals surface area contributed by atoms with Gasteiger partial charge in [-0.15, -0.1) is 0 Å². The Hall–Kier alpha value is -2.02. The van der Waals surface area contributed by atoms with E-state index in [1.54, 1.807) is 6.20 Å². The molecule has 7 heteroatoms. The Labute approximate surface area is 153 Å². The van der Waals surface area contributed by atoms with Crippen molar-refractivity contribution in [1.82, 2.24) is 19.5 Å². The SMILES string of the molecule is Cc1ncc(-c2nc(NC3CCCCC3)ncc2F)n1C1CCOCC1. The van der Waals surface area contributed by atoms with Crippen LogP contribution < -0.4 is 5.32 Å². The molecule has 2 aliphatic rings. The van der Waals surface area contributed by atoms with Crippen molar-refractivity contribution in [2.75, 3.05) is 18.5 Å². The number of aromatic nitrogens is 4. The Morgan fingerprint density at radius 3 is 2.62 bits per heavy atom. The molecule has 0 amide bonds. The molecule has 1 N–H and O–H groups in total. The van der Waals surface area contributed by atoms with Gasteiger partial charge in [-0.3, -0.25) is 0 Å². The number of aryl methyl sites for hydroxylation is 1. The van der Waals surface area contributed by atoms with Gasteiger partial charge in [0.05, 0.1) is 18.1 Å². The second kappa shape index (κ2) is 7.70. The molecule has 6 nitrogen and oxygen atoms in total. The summed E-state index contributed by atoms with van der Waals surface area (Å²) in [6, 6.07) is 0.648. The summed E-state index contributed by atoms with van der Waals surface area (Å²) in [5.74, 6) is 0.977. The van der Waals surface area contributed by atoms with Crippen LogP contribution in [-0.4, -0.2) is 38.8 Å². The van der Waals surface area contributed by atoms with Crippen molar-refractivity contribution in [2.24, 2.45) is 0 Å². The normalized spacial score (nSPS) is 19.6. The van der Waals surface area contributed by atoms with Crippen LogP contribution >= 0.6 is 0 Å². The van der Waals surface area contributed by atoms with Gasteiger partial charge in [0.2, 0.25) is 5.95 Å². The number of rotatable bonds is 4. The van der Waals surface area contributed by atoms with Gasteiger partial charge in [0.25, 0.3) is 0 Å². The first-order valence-corrected chi connectivity index (χ1v) is 9.63. The summed E-state index contributed by atoms with van der Waals surface area (Å²) in [4.78, 5) is 13.1. The summed E-state index contributed by atoms with van der Waals surface area (Å²) >= 11 is 0. The lowest BCUT2D eigenvalue weighted by Crippen LogP contribution is -2.24. The number of hydrogen-bond donors (Lipinski definition) is 1. The Balaban J connectivity index is 1.63. The van der Waals surface area contributed by atoms with Crippen molar-refractivity contribution in [3.05, 3.63) is 24.0 Å². The first kappa shape index (κ1) is 17.4. The van der Waals surface area contributed by atoms with E-state index in [-0.39, 0.29) is 6.04 Å². The molecule has 2 aromatic rings. The predicted molar refractivity (Wildman–Crippen MR) is 97.5 cm³/mol. The Kier molecular flexibility index (Phi) is 5.15. The Morgan fingerprint density at radius 2 is 1.85 bits per heavy atom. The number of halogens is 1. The average molecular weight is 359 g/mol. The molecule has 2 aromatic heterocycles. The lowest BCUT2D eigenvalue weighted by molar-refractivity contribution is 0.0694. The molecule has 0 unspecified atom stereocenters. The topological polar surface area (TPSA) is 64.9 Å². The van der Waals surface area contributed by atoms with Crippen molar-refractivity contribution in [1.29, 1.82) is 0 Å². The van der Waals surface area contributed by atoms with Crippen molar-refractivity contribution in [2.45, 2.75) is 64.0 Å². The molecular weight excluding hydrogens is 333 g/mol. The highest BCUT2D eigenvalue weighted by Crippen LogP contribution is 2.31. The fraction of sp³-hybridized carbons (Fsp3) is 0.632. The first-order valence-electron chi connectivity index (χ1n) is 9.63. The molecule has 0 radical (unpaired) electrons. The first-order chi connectivity index (χ1) is 12.7. The quantitative estimate of drug-likeness (QED) is 0.897. The maximum absolute atomic E-state index is 14.6. The highest BCUT2D eigenvalue weighted by Gasteiger charge is 2.24. The van der Waals surface area contributed by atoms with Crippen molar-refractivity contribution < 1.29 is 9.13 Å². The third-order valence-electron chi connectivity index (χ3n) is 5.46. The van der Waals surface area contributed by atoms with Crippen LogP contribution in [0.15, 0.2) is 12.4 Å². The molecule has 0 bridgehead atoms. The third-order valence-corrected chi connectivity index (χ3v) is 5.46. The minimum absolute atomic E-state index is 0.269. The zero-order valence-electron chi connectivity index (χ0n) is 15.2. The molecule has 1 aliphatic heterocycles. The molecular formula is C19H26FN5O. The number of nitrogens with zero attached hydrogens (tertiary/aromatic N) is 4. The highest BCUT2D eigenvalue weighted by atomic mass is 19.1. The number of nitrogens with one attached hydrogen (secondary N) is 1. The molecule has 0 aromatic carbocycles. The van der Waals surface area contributed by atoms with E-state index < -0.39 is 5.82 Å². The van der Waals surface area contributed by atoms with Gasteiger partial charge in [0.15, 0.2) is 5.82 Å². The zero-order valence-corrected chi connectivity index (χ0v) is 15.2. The maximum Gasteiger partial charge on any atom is 0.223 e. The molecule has 2 fully saturated rings. The van der Waals surface area contributed by atoms with Gasteiger partial charge in [-0.2, -0.15) is 0 Å². The largest absolute Gasteiger partial charge is 0.381 e. The second-order valence-electron chi connectivity index (χ2n) is 7.27. The van der Waals surface area contributed by atoms with Crippen molar-refractivity contribution in [3.63, 3.8) is 0 Å². The summed E-state index contributed by atoms with van der Waals surface area (Å²) in [5, 5.41) is 3.39. The van der Waals surface area contributed by atoms with Gasteiger partial charge in [0.1, 0.15) is 11.5 Å². The lowest BCUT2D eigenvalue weighted by atomic mass is 9.96. The summed E-state index contributed by atoms with van der Waals surface area (Å²) in [6.07, 6.45) is 10.8. The summed E-state index contributed by atoms with van der Waals surface area (Å²) in [7, 11) is 0. The molecule has 0 spiro atoms. The smallest absolute Gasteiger partial charge is 0.223 e. The Bertz CT molecular complexity index is 750. The van der Waals surface area contributed by atoms with E-state index in [2.05, 4.69) is 24.8 Å². The second-order valence-corrected chi connectivity index (χ2v) is 7.27. The van der Waals surface area contributed by atoms with Crippen LogP contribution in [0.3, 0.4) is 0 Å². The van der Waals surface area contributed by atoms with Crippen LogP contribution in [0, 0.1) is 12.7 Å². The molecule has 1 aliphatic carbocycles.